The molecule has 1 N–H and O–H groups in total. The maximum Gasteiger partial charge on any atom is 0.310 e. The number of thiazole rings is 1. The number of aryl methyl sites for hydroxylation is 1. The largest absolute Gasteiger partial charge is 0.469 e. The Balaban J connectivity index is 1.50. The van der Waals surface area contributed by atoms with E-state index in [-0.39, 0.29) is 29.8 Å². The minimum Gasteiger partial charge on any atom is -0.469 e. The van der Waals surface area contributed by atoms with Crippen LogP contribution in [0.1, 0.15) is 55.6 Å². The molecule has 0 radical (unpaired) electrons. The Morgan fingerprint density at radius 2 is 1.96 bits per heavy atom. The summed E-state index contributed by atoms with van der Waals surface area (Å²) in [6, 6.07) is -0.0801. The van der Waals surface area contributed by atoms with Crippen molar-refractivity contribution in [2.45, 2.75) is 64.5 Å². The summed E-state index contributed by atoms with van der Waals surface area (Å²) in [5.74, 6) is -0.232. The van der Waals surface area contributed by atoms with Crippen LogP contribution < -0.4 is 5.32 Å². The number of hydrogen-bond acceptors (Lipinski definition) is 6. The summed E-state index contributed by atoms with van der Waals surface area (Å²) in [6.07, 6.45) is 6.62. The minimum absolute atomic E-state index is 0.0416. The lowest BCUT2D eigenvalue weighted by molar-refractivity contribution is -0.147. The third kappa shape index (κ3) is 5.51. The first kappa shape index (κ1) is 20.3. The van der Waals surface area contributed by atoms with E-state index in [4.69, 9.17) is 4.74 Å². The first-order valence-corrected chi connectivity index (χ1v) is 11.0. The van der Waals surface area contributed by atoms with Gasteiger partial charge in [-0.1, -0.05) is 19.3 Å². The van der Waals surface area contributed by atoms with Crippen LogP contribution in [-0.4, -0.2) is 48.0 Å². The normalized spacial score (nSPS) is 25.0. The van der Waals surface area contributed by atoms with Crippen molar-refractivity contribution in [3.05, 3.63) is 16.1 Å². The van der Waals surface area contributed by atoms with E-state index in [2.05, 4.69) is 20.6 Å². The van der Waals surface area contributed by atoms with Gasteiger partial charge < -0.3 is 10.1 Å². The lowest BCUT2D eigenvalue weighted by Crippen LogP contribution is -2.47. The topological polar surface area (TPSA) is 71.5 Å². The van der Waals surface area contributed by atoms with E-state index in [9.17, 15) is 9.59 Å². The van der Waals surface area contributed by atoms with Crippen molar-refractivity contribution in [3.63, 3.8) is 0 Å². The van der Waals surface area contributed by atoms with Crippen LogP contribution in [0.4, 0.5) is 0 Å². The number of carbonyl (C=O) groups is 2. The summed E-state index contributed by atoms with van der Waals surface area (Å²) >= 11 is 1.68. The number of nitrogens with zero attached hydrogens (tertiary/aromatic N) is 2. The quantitative estimate of drug-likeness (QED) is 0.615. The van der Waals surface area contributed by atoms with Gasteiger partial charge in [0.15, 0.2) is 0 Å². The zero-order valence-corrected chi connectivity index (χ0v) is 17.2. The van der Waals surface area contributed by atoms with Gasteiger partial charge >= 0.3 is 5.97 Å². The van der Waals surface area contributed by atoms with Crippen molar-refractivity contribution >= 4 is 23.2 Å². The predicted molar refractivity (Wildman–Crippen MR) is 105 cm³/mol. The monoisotopic (exact) mass is 393 g/mol. The van der Waals surface area contributed by atoms with Crippen LogP contribution in [0.5, 0.6) is 0 Å². The smallest absolute Gasteiger partial charge is 0.310 e. The molecule has 0 unspecified atom stereocenters. The number of rotatable bonds is 5. The number of esters is 1. The molecule has 1 amide bonds. The van der Waals surface area contributed by atoms with Gasteiger partial charge in [0.1, 0.15) is 0 Å². The maximum atomic E-state index is 12.8. The fourth-order valence-corrected chi connectivity index (χ4v) is 4.88. The molecule has 6 nitrogen and oxygen atoms in total. The van der Waals surface area contributed by atoms with Gasteiger partial charge in [-0.15, -0.1) is 11.3 Å². The van der Waals surface area contributed by atoms with E-state index < -0.39 is 0 Å². The Bertz CT molecular complexity index is 640. The second-order valence-corrected chi connectivity index (χ2v) is 8.85. The third-order valence-electron chi connectivity index (χ3n) is 5.86. The molecule has 1 saturated heterocycles. The molecule has 0 bridgehead atoms. The number of piperidine rings is 1. The van der Waals surface area contributed by atoms with E-state index in [1.165, 1.54) is 7.11 Å². The molecule has 0 spiro atoms. The van der Waals surface area contributed by atoms with E-state index in [1.807, 2.05) is 6.92 Å². The average Bonchev–Trinajstić information content (AvgIpc) is 2.94. The van der Waals surface area contributed by atoms with Gasteiger partial charge in [-0.05, 0) is 45.7 Å². The van der Waals surface area contributed by atoms with Gasteiger partial charge in [-0.2, -0.15) is 0 Å². The molecule has 2 fully saturated rings. The number of amides is 1. The van der Waals surface area contributed by atoms with Crippen molar-refractivity contribution in [2.75, 3.05) is 20.2 Å². The fourth-order valence-electron chi connectivity index (χ4n) is 4.28. The molecule has 0 aromatic carbocycles. The molecule has 1 aliphatic carbocycles. The molecule has 1 aromatic heterocycles. The van der Waals surface area contributed by atoms with E-state index >= 15 is 0 Å². The van der Waals surface area contributed by atoms with Crippen molar-refractivity contribution in [2.24, 2.45) is 11.8 Å². The van der Waals surface area contributed by atoms with Gasteiger partial charge in [-0.25, -0.2) is 4.98 Å². The summed E-state index contributed by atoms with van der Waals surface area (Å²) in [7, 11) is 1.44. The first-order chi connectivity index (χ1) is 13.1. The van der Waals surface area contributed by atoms with Crippen LogP contribution in [0.25, 0.3) is 0 Å². The highest BCUT2D eigenvalue weighted by Crippen LogP contribution is 2.26. The fraction of sp³-hybridized carbons (Fsp3) is 0.750. The SMILES string of the molecule is COC(=O)[C@@H]1CCCCC[C@@H]1NC(=O)C1CCN(Cc2csc(C)n2)CC1. The molecule has 2 heterocycles. The number of carbonyl (C=O) groups excluding carboxylic acids is 2. The summed E-state index contributed by atoms with van der Waals surface area (Å²) in [6.45, 7) is 4.73. The summed E-state index contributed by atoms with van der Waals surface area (Å²) in [5, 5.41) is 6.41. The Kier molecular flexibility index (Phi) is 7.24. The van der Waals surface area contributed by atoms with Crippen molar-refractivity contribution < 1.29 is 14.3 Å². The summed E-state index contributed by atoms with van der Waals surface area (Å²) < 4.78 is 4.97. The zero-order chi connectivity index (χ0) is 19.2. The number of methoxy groups -OCH3 is 1. The van der Waals surface area contributed by atoms with Gasteiger partial charge in [0.05, 0.1) is 23.7 Å². The molecule has 1 aliphatic heterocycles. The lowest BCUT2D eigenvalue weighted by Gasteiger charge is -2.32. The van der Waals surface area contributed by atoms with Crippen LogP contribution in [0.3, 0.4) is 0 Å². The number of aromatic nitrogens is 1. The standard InChI is InChI=1S/C20H31N3O3S/c1-14-21-16(13-27-14)12-23-10-8-15(9-11-23)19(24)22-18-7-5-3-4-6-17(18)20(25)26-2/h13,15,17-18H,3-12H2,1-2H3,(H,22,24)/t17-,18+/m1/s1. The van der Waals surface area contributed by atoms with E-state index in [0.29, 0.717) is 0 Å². The molecule has 1 aromatic rings. The minimum atomic E-state index is -0.200. The van der Waals surface area contributed by atoms with Crippen LogP contribution in [-0.2, 0) is 20.9 Å². The molecule has 27 heavy (non-hydrogen) atoms. The van der Waals surface area contributed by atoms with Gasteiger partial charge in [0, 0.05) is 23.9 Å². The molecule has 2 atom stereocenters. The van der Waals surface area contributed by atoms with Gasteiger partial charge in [0.25, 0.3) is 0 Å². The second kappa shape index (κ2) is 9.64. The molecular formula is C20H31N3O3S. The average molecular weight is 394 g/mol. The number of likely N-dealkylation sites (tertiary alicyclic amines) is 1. The van der Waals surface area contributed by atoms with Crippen molar-refractivity contribution in [3.8, 4) is 0 Å². The number of nitrogens with one attached hydrogen (secondary N) is 1. The summed E-state index contributed by atoms with van der Waals surface area (Å²) in [5.41, 5.74) is 1.12. The Morgan fingerprint density at radius 3 is 2.63 bits per heavy atom. The highest BCUT2D eigenvalue weighted by Gasteiger charge is 2.34. The molecule has 3 rings (SSSR count). The van der Waals surface area contributed by atoms with E-state index in [1.54, 1.807) is 11.3 Å². The van der Waals surface area contributed by atoms with Gasteiger partial charge in [-0.3, -0.25) is 14.5 Å². The van der Waals surface area contributed by atoms with E-state index in [0.717, 1.165) is 75.3 Å². The van der Waals surface area contributed by atoms with Crippen LogP contribution in [0.15, 0.2) is 5.38 Å². The second-order valence-electron chi connectivity index (χ2n) is 7.79. The zero-order valence-electron chi connectivity index (χ0n) is 16.4. The third-order valence-corrected chi connectivity index (χ3v) is 6.68. The van der Waals surface area contributed by atoms with Crippen LogP contribution in [0.2, 0.25) is 0 Å². The van der Waals surface area contributed by atoms with Gasteiger partial charge in [0.2, 0.25) is 5.91 Å². The summed E-state index contributed by atoms with van der Waals surface area (Å²) in [4.78, 5) is 31.8. The molecule has 1 saturated carbocycles. The molecule has 150 valence electrons. The van der Waals surface area contributed by atoms with Crippen molar-refractivity contribution in [1.82, 2.24) is 15.2 Å². The highest BCUT2D eigenvalue weighted by atomic mass is 32.1. The maximum absolute atomic E-state index is 12.8. The predicted octanol–water partition coefficient (Wildman–Crippen LogP) is 2.90. The first-order valence-electron chi connectivity index (χ1n) is 10.1. The Labute approximate surface area is 165 Å². The van der Waals surface area contributed by atoms with Crippen LogP contribution in [0, 0.1) is 18.8 Å². The molecular weight excluding hydrogens is 362 g/mol. The molecule has 7 heteroatoms. The van der Waals surface area contributed by atoms with Crippen LogP contribution >= 0.6 is 11.3 Å². The molecule has 2 aliphatic rings. The van der Waals surface area contributed by atoms with Crippen molar-refractivity contribution in [1.29, 1.82) is 0 Å². The highest BCUT2D eigenvalue weighted by molar-refractivity contribution is 7.09. The Morgan fingerprint density at radius 1 is 1.22 bits per heavy atom. The lowest BCUT2D eigenvalue weighted by atomic mass is 9.91. The number of hydrogen-bond donors (Lipinski definition) is 1. The Hall–Kier alpha value is -1.47. The number of ether oxygens (including phenoxy) is 1.